The number of amides is 3. The van der Waals surface area contributed by atoms with E-state index in [1.165, 1.54) is 11.0 Å². The van der Waals surface area contributed by atoms with Crippen molar-refractivity contribution in [1.29, 1.82) is 0 Å². The number of fused-ring (bicyclic) bond motifs is 1. The molecule has 0 radical (unpaired) electrons. The lowest BCUT2D eigenvalue weighted by Gasteiger charge is -2.24. The van der Waals surface area contributed by atoms with Crippen LogP contribution >= 0.6 is 11.6 Å². The van der Waals surface area contributed by atoms with Crippen LogP contribution in [0, 0.1) is 5.82 Å². The number of hydrogen-bond acceptors (Lipinski definition) is 19. The van der Waals surface area contributed by atoms with E-state index < -0.39 is 29.8 Å². The molecule has 0 bridgehead atoms. The van der Waals surface area contributed by atoms with Gasteiger partial charge in [-0.05, 0) is 97.8 Å². The number of aliphatic hydroxyl groups excluding tert-OH is 1. The Balaban J connectivity index is 0.000000618. The molecule has 26 nitrogen and oxygen atoms in total. The number of azide groups is 2. The molecule has 3 rings (SSSR count). The first-order chi connectivity index (χ1) is 42.9. The molecule has 0 saturated carbocycles. The Hall–Kier alpha value is -7.03. The topological polar surface area (TPSA) is 332 Å². The summed E-state index contributed by atoms with van der Waals surface area (Å²) in [6, 6.07) is 15.9. The van der Waals surface area contributed by atoms with Gasteiger partial charge < -0.3 is 72.7 Å². The SMILES string of the molecule is CCCC(=O)OC/C=C/COC(=O)NCCOCCOCCOC(=O)CCCOCCOCCCCCCCl.CCOCCOCCOC(=O)NCCN(Cc1cc(F)c(N=[N+]=[N-])c(N=[N+]=[N-])c1)C(=O)CCCC[C@H](O)COc1cccc2ccccc12. The predicted molar refractivity (Wildman–Crippen MR) is 327 cm³/mol. The molecule has 0 saturated heterocycles. The molecule has 3 amide bonds. The fourth-order valence-corrected chi connectivity index (χ4v) is 7.86. The van der Waals surface area contributed by atoms with E-state index >= 15 is 0 Å². The maximum absolute atomic E-state index is 14.8. The lowest BCUT2D eigenvalue weighted by Crippen LogP contribution is -2.38. The van der Waals surface area contributed by atoms with Gasteiger partial charge in [0.25, 0.3) is 0 Å². The average Bonchev–Trinajstić information content (AvgIpc) is 1.92. The van der Waals surface area contributed by atoms with Gasteiger partial charge in [-0.2, -0.15) is 0 Å². The number of esters is 2. The standard InChI is InChI=1S/C33H41FN8O7.C27H48ClNO10/c1-2-46-16-17-47-18-19-48-33(45)37-14-15-42(22-24-20-28(34)32(39-41-36)29(21-24)38-40-35)31(44)13-6-4-10-26(43)23-49-30-12-7-9-25-8-3-5-11-27(25)30;1-2-10-25(30)37-16-7-8-17-39-27(32)29-13-18-35-21-22-36-23-24-38-26(31)11-9-15-34-20-19-33-14-6-4-3-5-12-28/h3,5,7-9,11-12,20-21,26,43H,2,4,6,10,13-19,22-23H2,1H3,(H,37,45);7-8H,2-6,9-24H2,1H3,(H,29,32)/b;8-7+/t26-;/m0./s1. The molecule has 0 aliphatic rings. The van der Waals surface area contributed by atoms with E-state index in [9.17, 15) is 33.5 Å². The molecule has 0 aliphatic heterocycles. The van der Waals surface area contributed by atoms with Gasteiger partial charge in [0.1, 0.15) is 44.6 Å². The quantitative estimate of drug-likeness (QED) is 0.00691. The first-order valence-corrected chi connectivity index (χ1v) is 30.3. The fraction of sp³-hybridized carbons (Fsp3) is 0.617. The molecule has 0 heterocycles. The Bertz CT molecular complexity index is 2540. The van der Waals surface area contributed by atoms with E-state index in [2.05, 4.69) is 30.7 Å². The Labute approximate surface area is 519 Å². The van der Waals surface area contributed by atoms with E-state index in [0.29, 0.717) is 110 Å². The van der Waals surface area contributed by atoms with Gasteiger partial charge in [0.2, 0.25) is 5.91 Å². The molecule has 3 aromatic rings. The van der Waals surface area contributed by atoms with Crippen molar-refractivity contribution in [2.75, 3.05) is 138 Å². The molecular formula is C60H89ClFN9O17. The van der Waals surface area contributed by atoms with Crippen molar-refractivity contribution >= 4 is 63.8 Å². The van der Waals surface area contributed by atoms with Gasteiger partial charge in [-0.1, -0.05) is 72.8 Å². The van der Waals surface area contributed by atoms with Crippen LogP contribution in [0.25, 0.3) is 31.7 Å². The van der Waals surface area contributed by atoms with Crippen LogP contribution in [-0.4, -0.2) is 184 Å². The Morgan fingerprint density at radius 1 is 0.648 bits per heavy atom. The Kier molecular flexibility index (Phi) is 46.4. The van der Waals surface area contributed by atoms with Crippen LogP contribution in [0.5, 0.6) is 5.75 Å². The zero-order valence-corrected chi connectivity index (χ0v) is 51.6. The highest BCUT2D eigenvalue weighted by Crippen LogP contribution is 2.33. The van der Waals surface area contributed by atoms with Crippen molar-refractivity contribution in [2.45, 2.75) is 104 Å². The summed E-state index contributed by atoms with van der Waals surface area (Å²) >= 11 is 5.63. The number of alkyl carbamates (subject to hydrolysis) is 2. The number of carbonyl (C=O) groups is 5. The molecule has 1 atom stereocenters. The number of hydrogen-bond donors (Lipinski definition) is 3. The molecule has 88 heavy (non-hydrogen) atoms. The van der Waals surface area contributed by atoms with Crippen LogP contribution in [0.1, 0.15) is 96.5 Å². The summed E-state index contributed by atoms with van der Waals surface area (Å²) in [6.07, 6.45) is 9.12. The smallest absolute Gasteiger partial charge is 0.407 e. The van der Waals surface area contributed by atoms with Gasteiger partial charge in [0, 0.05) is 86.4 Å². The first-order valence-electron chi connectivity index (χ1n) is 29.7. The molecule has 3 aromatic carbocycles. The lowest BCUT2D eigenvalue weighted by molar-refractivity contribution is -0.146. The maximum atomic E-state index is 14.8. The minimum absolute atomic E-state index is 0.0262. The summed E-state index contributed by atoms with van der Waals surface area (Å²) in [5.41, 5.74) is 17.2. The first kappa shape index (κ1) is 77.1. The highest BCUT2D eigenvalue weighted by Gasteiger charge is 2.18. The van der Waals surface area contributed by atoms with Gasteiger partial charge in [-0.25, -0.2) is 14.0 Å². The van der Waals surface area contributed by atoms with Gasteiger partial charge in [-0.15, -0.1) is 11.6 Å². The number of nitrogens with one attached hydrogen (secondary N) is 2. The molecular weight excluding hydrogens is 1170 g/mol. The van der Waals surface area contributed by atoms with Crippen molar-refractivity contribution in [3.8, 4) is 5.75 Å². The summed E-state index contributed by atoms with van der Waals surface area (Å²) in [7, 11) is 0. The van der Waals surface area contributed by atoms with Crippen LogP contribution in [0.4, 0.5) is 25.4 Å². The van der Waals surface area contributed by atoms with E-state index in [4.69, 9.17) is 74.8 Å². The maximum Gasteiger partial charge on any atom is 0.407 e. The molecule has 0 fully saturated rings. The van der Waals surface area contributed by atoms with E-state index in [1.54, 1.807) is 12.2 Å². The van der Waals surface area contributed by atoms with Crippen molar-refractivity contribution in [3.05, 3.63) is 99.0 Å². The zero-order chi connectivity index (χ0) is 63.9. The van der Waals surface area contributed by atoms with Gasteiger partial charge >= 0.3 is 24.1 Å². The summed E-state index contributed by atoms with van der Waals surface area (Å²) in [6.45, 7) is 9.78. The second-order valence-electron chi connectivity index (χ2n) is 19.0. The number of aliphatic hydroxyl groups is 1. The van der Waals surface area contributed by atoms with Crippen molar-refractivity contribution in [3.63, 3.8) is 0 Å². The summed E-state index contributed by atoms with van der Waals surface area (Å²) in [5.74, 6) is -0.342. The number of unbranched alkanes of at least 4 members (excludes halogenated alkanes) is 4. The molecule has 0 unspecified atom stereocenters. The second-order valence-corrected chi connectivity index (χ2v) is 19.4. The molecule has 490 valence electrons. The largest absolute Gasteiger partial charge is 0.490 e. The summed E-state index contributed by atoms with van der Waals surface area (Å²) in [5, 5.41) is 24.3. The molecule has 0 aromatic heterocycles. The van der Waals surface area contributed by atoms with E-state index in [-0.39, 0.29) is 101 Å². The monoisotopic (exact) mass is 1260 g/mol. The number of ether oxygens (including phenoxy) is 11. The minimum Gasteiger partial charge on any atom is -0.490 e. The average molecular weight is 1260 g/mol. The van der Waals surface area contributed by atoms with Gasteiger partial charge in [0.15, 0.2) is 0 Å². The number of nitrogens with zero attached hydrogens (tertiary/aromatic N) is 7. The molecule has 28 heteroatoms. The fourth-order valence-electron chi connectivity index (χ4n) is 7.67. The van der Waals surface area contributed by atoms with Crippen LogP contribution in [0.3, 0.4) is 0 Å². The van der Waals surface area contributed by atoms with Gasteiger partial charge in [-0.3, -0.25) is 14.4 Å². The van der Waals surface area contributed by atoms with E-state index in [0.717, 1.165) is 61.4 Å². The summed E-state index contributed by atoms with van der Waals surface area (Å²) in [4.78, 5) is 66.5. The third-order valence-electron chi connectivity index (χ3n) is 12.0. The Morgan fingerprint density at radius 3 is 1.98 bits per heavy atom. The highest BCUT2D eigenvalue weighted by molar-refractivity contribution is 6.17. The molecule has 3 N–H and O–H groups in total. The Morgan fingerprint density at radius 2 is 1.26 bits per heavy atom. The third kappa shape index (κ3) is 39.7. The van der Waals surface area contributed by atoms with Crippen molar-refractivity contribution in [1.82, 2.24) is 15.5 Å². The number of carbonyl (C=O) groups excluding carboxylic acids is 5. The van der Waals surface area contributed by atoms with E-state index in [1.807, 2.05) is 56.3 Å². The van der Waals surface area contributed by atoms with Crippen molar-refractivity contribution < 1.29 is 85.6 Å². The normalized spacial score (nSPS) is 11.1. The van der Waals surface area contributed by atoms with Crippen LogP contribution < -0.4 is 15.4 Å². The number of rotatable bonds is 50. The zero-order valence-electron chi connectivity index (χ0n) is 50.8. The number of halogens is 2. The predicted octanol–water partition coefficient (Wildman–Crippen LogP) is 10.8. The van der Waals surface area contributed by atoms with Crippen LogP contribution in [0.15, 0.2) is 77.0 Å². The molecule has 0 spiro atoms. The van der Waals surface area contributed by atoms with Crippen LogP contribution in [-0.2, 0) is 68.3 Å². The number of alkyl halides is 1. The van der Waals surface area contributed by atoms with Crippen molar-refractivity contribution in [2.24, 2.45) is 10.2 Å². The summed E-state index contributed by atoms with van der Waals surface area (Å²) < 4.78 is 72.8. The highest BCUT2D eigenvalue weighted by atomic mass is 35.5. The number of benzene rings is 3. The van der Waals surface area contributed by atoms with Crippen LogP contribution in [0.2, 0.25) is 0 Å². The van der Waals surface area contributed by atoms with Gasteiger partial charge in [0.05, 0.1) is 76.9 Å². The minimum atomic E-state index is -0.921. The second kappa shape index (κ2) is 53.0. The third-order valence-corrected chi connectivity index (χ3v) is 12.3. The molecule has 0 aliphatic carbocycles. The lowest BCUT2D eigenvalue weighted by atomic mass is 10.1.